The van der Waals surface area contributed by atoms with E-state index in [1.54, 1.807) is 0 Å². The molecule has 24 valence electrons. The second kappa shape index (κ2) is 17.3. The maximum Gasteiger partial charge on any atom is 2.00 e. The van der Waals surface area contributed by atoms with E-state index >= 15 is 0 Å². The Morgan fingerprint density at radius 1 is 1.00 bits per heavy atom. The van der Waals surface area contributed by atoms with E-state index in [9.17, 15) is 0 Å². The molecule has 0 aromatic heterocycles. The zero-order chi connectivity index (χ0) is 0. The molecule has 0 spiro atoms. The van der Waals surface area contributed by atoms with Crippen molar-refractivity contribution < 1.29 is 15.1 Å². The van der Waals surface area contributed by atoms with E-state index in [1.807, 2.05) is 0 Å². The van der Waals surface area contributed by atoms with Crippen molar-refractivity contribution in [3.05, 3.63) is 0 Å². The maximum atomic E-state index is 0. The molecular weight excluding hydrogens is 215 g/mol. The number of halogens is 2. The van der Waals surface area contributed by atoms with Crippen molar-refractivity contribution in [2.75, 3.05) is 0 Å². The fourth-order valence-electron chi connectivity index (χ4n) is 0. The zero-order valence-electron chi connectivity index (χ0n) is 6.23. The Bertz CT molecular complexity index is 14.0. The van der Waals surface area contributed by atoms with Crippen molar-refractivity contribution >= 4 is 86.6 Å². The van der Waals surface area contributed by atoms with Gasteiger partial charge >= 0.3 is 86.6 Å². The fourth-order valence-corrected chi connectivity index (χ4v) is 0. The van der Waals surface area contributed by atoms with Gasteiger partial charge in [-0.1, -0.05) is 0 Å². The molecule has 0 aliphatic heterocycles. The summed E-state index contributed by atoms with van der Waals surface area (Å²) in [5.41, 5.74) is 0. The van der Waals surface area contributed by atoms with Crippen LogP contribution in [0.1, 0.15) is 5.71 Å². The molecule has 0 heterocycles. The SMILES string of the molecule is F.F.[Ba+2].[Ca+2].[H-].[H-].[H-].[H-]. The van der Waals surface area contributed by atoms with Crippen LogP contribution in [0.2, 0.25) is 0 Å². The molecule has 0 N–H and O–H groups in total. The molecular formula is H6BaCaF2. The van der Waals surface area contributed by atoms with E-state index in [-0.39, 0.29) is 102 Å². The summed E-state index contributed by atoms with van der Waals surface area (Å²) in [6, 6.07) is 0. The molecule has 0 radical (unpaired) electrons. The normalized spacial score (nSPS) is 0. The molecule has 0 unspecified atom stereocenters. The van der Waals surface area contributed by atoms with Crippen molar-refractivity contribution in [3.63, 3.8) is 0 Å². The van der Waals surface area contributed by atoms with Gasteiger partial charge in [0.15, 0.2) is 0 Å². The number of hydrogen-bond acceptors (Lipinski definition) is 0. The molecule has 0 aliphatic carbocycles. The molecule has 0 fully saturated rings. The number of hydrogen-bond donors (Lipinski definition) is 0. The third-order valence-electron chi connectivity index (χ3n) is 0. The molecule has 0 bridgehead atoms. The summed E-state index contributed by atoms with van der Waals surface area (Å²) in [6.45, 7) is 0. The third kappa shape index (κ3) is 8.83. The van der Waals surface area contributed by atoms with Crippen LogP contribution < -0.4 is 0 Å². The first-order valence-corrected chi connectivity index (χ1v) is 0. The van der Waals surface area contributed by atoms with Gasteiger partial charge in [0, 0.05) is 0 Å². The van der Waals surface area contributed by atoms with Gasteiger partial charge in [0.1, 0.15) is 0 Å². The van der Waals surface area contributed by atoms with Gasteiger partial charge in [-0.15, -0.1) is 0 Å². The average Bonchev–Trinajstić information content (AvgIpc) is 0. The predicted octanol–water partition coefficient (Wildman–Crippen LogP) is -0.00660. The average molecular weight is 221 g/mol. The molecule has 0 aromatic carbocycles. The van der Waals surface area contributed by atoms with Crippen LogP contribution >= 0.6 is 0 Å². The summed E-state index contributed by atoms with van der Waals surface area (Å²) in [6.07, 6.45) is 0. The van der Waals surface area contributed by atoms with E-state index in [2.05, 4.69) is 0 Å². The van der Waals surface area contributed by atoms with Crippen LogP contribution in [0.5, 0.6) is 0 Å². The van der Waals surface area contributed by atoms with Crippen LogP contribution in [-0.2, 0) is 0 Å². The van der Waals surface area contributed by atoms with E-state index in [0.29, 0.717) is 0 Å². The summed E-state index contributed by atoms with van der Waals surface area (Å²) < 4.78 is 0. The summed E-state index contributed by atoms with van der Waals surface area (Å²) in [5.74, 6) is 0. The fraction of sp³-hybridized carbons (Fsp3) is 0. The summed E-state index contributed by atoms with van der Waals surface area (Å²) in [5, 5.41) is 0. The summed E-state index contributed by atoms with van der Waals surface area (Å²) in [4.78, 5) is 0. The first-order chi connectivity index (χ1) is 0. The van der Waals surface area contributed by atoms with Crippen LogP contribution in [0.15, 0.2) is 0 Å². The van der Waals surface area contributed by atoms with Crippen LogP contribution in [0.4, 0.5) is 9.41 Å². The Balaban J connectivity index is 0. The minimum Gasteiger partial charge on any atom is -1.00 e. The van der Waals surface area contributed by atoms with Gasteiger partial charge in [-0.25, -0.2) is 0 Å². The molecule has 4 heavy (non-hydrogen) atoms. The molecule has 0 amide bonds. The predicted molar refractivity (Wildman–Crippen MR) is 21.0 cm³/mol. The first-order valence-electron chi connectivity index (χ1n) is 0. The first kappa shape index (κ1) is 29.9. The summed E-state index contributed by atoms with van der Waals surface area (Å²) >= 11 is 0. The van der Waals surface area contributed by atoms with Crippen LogP contribution in [0.3, 0.4) is 0 Å². The topological polar surface area (TPSA) is 0 Å². The monoisotopic (exact) mass is 222 g/mol. The van der Waals surface area contributed by atoms with Gasteiger partial charge in [0.2, 0.25) is 0 Å². The third-order valence-corrected chi connectivity index (χ3v) is 0. The van der Waals surface area contributed by atoms with E-state index < -0.39 is 0 Å². The van der Waals surface area contributed by atoms with Crippen molar-refractivity contribution in [2.24, 2.45) is 0 Å². The van der Waals surface area contributed by atoms with Gasteiger partial charge in [-0.3, -0.25) is 9.41 Å². The van der Waals surface area contributed by atoms with Gasteiger partial charge in [-0.2, -0.15) is 0 Å². The van der Waals surface area contributed by atoms with Crippen molar-refractivity contribution in [3.8, 4) is 0 Å². The molecule has 0 nitrogen and oxygen atoms in total. The van der Waals surface area contributed by atoms with Crippen LogP contribution in [0, 0.1) is 0 Å². The van der Waals surface area contributed by atoms with E-state index in [4.69, 9.17) is 0 Å². The Morgan fingerprint density at radius 3 is 1.00 bits per heavy atom. The van der Waals surface area contributed by atoms with Gasteiger partial charge in [0.25, 0.3) is 0 Å². The van der Waals surface area contributed by atoms with Crippen molar-refractivity contribution in [1.82, 2.24) is 0 Å². The Labute approximate surface area is 99.5 Å². The standard InChI is InChI=1S/Ba.Ca.2FH.4H/h;;2*1H;;;;/q2*+2;;;4*-1. The maximum absolute atomic E-state index is 0. The Hall–Kier alpha value is 2.69. The minimum atomic E-state index is 0. The second-order valence-corrected chi connectivity index (χ2v) is 0. The number of rotatable bonds is 0. The largest absolute Gasteiger partial charge is 2.00 e. The van der Waals surface area contributed by atoms with Gasteiger partial charge < -0.3 is 5.71 Å². The molecule has 4 heteroatoms. The van der Waals surface area contributed by atoms with Crippen LogP contribution in [-0.4, -0.2) is 86.6 Å². The molecule has 0 aliphatic rings. The van der Waals surface area contributed by atoms with Gasteiger partial charge in [-0.05, 0) is 0 Å². The van der Waals surface area contributed by atoms with Crippen molar-refractivity contribution in [2.45, 2.75) is 0 Å². The molecule has 0 saturated carbocycles. The molecule has 0 aromatic rings. The Kier molecular flexibility index (Phi) is 129. The van der Waals surface area contributed by atoms with Crippen molar-refractivity contribution in [1.29, 1.82) is 0 Å². The Morgan fingerprint density at radius 2 is 1.00 bits per heavy atom. The molecule has 0 saturated heterocycles. The van der Waals surface area contributed by atoms with E-state index in [1.165, 1.54) is 0 Å². The minimum absolute atomic E-state index is 0. The van der Waals surface area contributed by atoms with E-state index in [0.717, 1.165) is 0 Å². The summed E-state index contributed by atoms with van der Waals surface area (Å²) in [7, 11) is 0. The van der Waals surface area contributed by atoms with Gasteiger partial charge in [0.05, 0.1) is 0 Å². The molecule has 0 rings (SSSR count). The zero-order valence-corrected chi connectivity index (χ0v) is 8.88. The quantitative estimate of drug-likeness (QED) is 0.505. The smallest absolute Gasteiger partial charge is 1.00 e. The van der Waals surface area contributed by atoms with Crippen LogP contribution in [0.25, 0.3) is 0 Å². The second-order valence-electron chi connectivity index (χ2n) is 0. The molecule has 0 atom stereocenters.